The quantitative estimate of drug-likeness (QED) is 0.744. The molecule has 0 fully saturated rings. The lowest BCUT2D eigenvalue weighted by molar-refractivity contribution is -0.153. The van der Waals surface area contributed by atoms with Gasteiger partial charge in [-0.3, -0.25) is 0 Å². The summed E-state index contributed by atoms with van der Waals surface area (Å²) in [5.74, 6) is -0.729. The number of carbonyl (C=O) groups excluding carboxylic acids is 2. The van der Waals surface area contributed by atoms with Crippen LogP contribution in [0, 0.1) is 0 Å². The monoisotopic (exact) mass is 357 g/mol. The van der Waals surface area contributed by atoms with Gasteiger partial charge >= 0.3 is 12.1 Å². The van der Waals surface area contributed by atoms with Crippen molar-refractivity contribution in [3.05, 3.63) is 71.8 Å². The second-order valence-electron chi connectivity index (χ2n) is 6.02. The molecule has 6 nitrogen and oxygen atoms in total. The van der Waals surface area contributed by atoms with Crippen molar-refractivity contribution < 1.29 is 24.2 Å². The fourth-order valence-corrected chi connectivity index (χ4v) is 2.31. The van der Waals surface area contributed by atoms with Crippen LogP contribution in [0.2, 0.25) is 0 Å². The molecule has 2 unspecified atom stereocenters. The van der Waals surface area contributed by atoms with Crippen LogP contribution in [0.1, 0.15) is 31.1 Å². The number of ether oxygens (including phenoxy) is 2. The van der Waals surface area contributed by atoms with E-state index < -0.39 is 24.2 Å². The summed E-state index contributed by atoms with van der Waals surface area (Å²) in [5.41, 5.74) is 1.30. The van der Waals surface area contributed by atoms with Gasteiger partial charge in [0, 0.05) is 0 Å². The third-order valence-corrected chi connectivity index (χ3v) is 3.55. The first-order chi connectivity index (χ1) is 12.5. The summed E-state index contributed by atoms with van der Waals surface area (Å²) >= 11 is 0. The van der Waals surface area contributed by atoms with Gasteiger partial charge in [0.1, 0.15) is 12.7 Å². The normalized spacial score (nSPS) is 12.9. The van der Waals surface area contributed by atoms with Gasteiger partial charge in [0.25, 0.3) is 0 Å². The highest BCUT2D eigenvalue weighted by molar-refractivity contribution is 5.82. The van der Waals surface area contributed by atoms with E-state index in [1.165, 1.54) is 0 Å². The highest BCUT2D eigenvalue weighted by Crippen LogP contribution is 2.18. The molecule has 2 aromatic rings. The van der Waals surface area contributed by atoms with E-state index in [2.05, 4.69) is 5.32 Å². The van der Waals surface area contributed by atoms with E-state index in [0.717, 1.165) is 5.56 Å². The molecule has 6 heteroatoms. The largest absolute Gasteiger partial charge is 0.461 e. The second kappa shape index (κ2) is 9.58. The van der Waals surface area contributed by atoms with Gasteiger partial charge in [0.2, 0.25) is 0 Å². The van der Waals surface area contributed by atoms with Crippen molar-refractivity contribution in [2.45, 2.75) is 38.7 Å². The maximum absolute atomic E-state index is 12.3. The van der Waals surface area contributed by atoms with Crippen molar-refractivity contribution in [1.29, 1.82) is 0 Å². The molecule has 0 spiro atoms. The number of carbonyl (C=O) groups is 2. The van der Waals surface area contributed by atoms with Crippen molar-refractivity contribution >= 4 is 12.1 Å². The number of amides is 1. The van der Waals surface area contributed by atoms with E-state index in [9.17, 15) is 14.7 Å². The number of rotatable bonds is 7. The van der Waals surface area contributed by atoms with Crippen LogP contribution in [0.15, 0.2) is 60.7 Å². The van der Waals surface area contributed by atoms with Gasteiger partial charge in [-0.05, 0) is 25.0 Å². The summed E-state index contributed by atoms with van der Waals surface area (Å²) in [4.78, 5) is 24.4. The van der Waals surface area contributed by atoms with E-state index in [4.69, 9.17) is 9.47 Å². The average Bonchev–Trinajstić information content (AvgIpc) is 2.65. The Bertz CT molecular complexity index is 703. The minimum absolute atomic E-state index is 0.0556. The molecular weight excluding hydrogens is 334 g/mol. The Morgan fingerprint density at radius 2 is 1.58 bits per heavy atom. The predicted octanol–water partition coefficient (Wildman–Crippen LogP) is 2.97. The fraction of sp³-hybridized carbons (Fsp3) is 0.300. The second-order valence-corrected chi connectivity index (χ2v) is 6.02. The molecule has 0 aliphatic heterocycles. The minimum Gasteiger partial charge on any atom is -0.461 e. The van der Waals surface area contributed by atoms with Crippen LogP contribution in [-0.4, -0.2) is 29.3 Å². The molecule has 2 atom stereocenters. The molecule has 0 saturated heterocycles. The number of alkyl carbamates (subject to hydrolysis) is 1. The topological polar surface area (TPSA) is 84.9 Å². The third-order valence-electron chi connectivity index (χ3n) is 3.55. The Morgan fingerprint density at radius 3 is 2.15 bits per heavy atom. The number of benzene rings is 2. The van der Waals surface area contributed by atoms with E-state index >= 15 is 0 Å². The summed E-state index contributed by atoms with van der Waals surface area (Å²) in [6.45, 7) is 3.44. The van der Waals surface area contributed by atoms with Crippen LogP contribution in [-0.2, 0) is 20.9 Å². The highest BCUT2D eigenvalue weighted by Gasteiger charge is 2.32. The van der Waals surface area contributed by atoms with E-state index in [1.807, 2.05) is 30.3 Å². The number of nitrogens with one attached hydrogen (secondary N) is 1. The number of hydrogen-bond donors (Lipinski definition) is 2. The van der Waals surface area contributed by atoms with Gasteiger partial charge in [-0.2, -0.15) is 0 Å². The van der Waals surface area contributed by atoms with Gasteiger partial charge in [0.05, 0.1) is 6.10 Å². The van der Waals surface area contributed by atoms with Gasteiger partial charge < -0.3 is 19.9 Å². The standard InChI is InChI=1S/C20H23NO5/c1-14(2)26-19(23)17(18(22)16-11-7-4-8-12-16)21-20(24)25-13-15-9-5-3-6-10-15/h3-12,14,17-18,22H,13H2,1-2H3,(H,21,24). The van der Waals surface area contributed by atoms with Gasteiger partial charge in [0.15, 0.2) is 6.04 Å². The SMILES string of the molecule is CC(C)OC(=O)C(NC(=O)OCc1ccccc1)C(O)c1ccccc1. The first-order valence-corrected chi connectivity index (χ1v) is 8.38. The third kappa shape index (κ3) is 5.89. The summed E-state index contributed by atoms with van der Waals surface area (Å²) in [6.07, 6.45) is -2.45. The van der Waals surface area contributed by atoms with E-state index in [1.54, 1.807) is 44.2 Å². The van der Waals surface area contributed by atoms with Crippen LogP contribution in [0.3, 0.4) is 0 Å². The molecule has 0 bridgehead atoms. The summed E-state index contributed by atoms with van der Waals surface area (Å²) in [6, 6.07) is 16.5. The predicted molar refractivity (Wildman–Crippen MR) is 96.2 cm³/mol. The molecule has 2 rings (SSSR count). The van der Waals surface area contributed by atoms with E-state index in [-0.39, 0.29) is 12.7 Å². The average molecular weight is 357 g/mol. The minimum atomic E-state index is -1.27. The molecule has 0 heterocycles. The molecule has 0 saturated carbocycles. The van der Waals surface area contributed by atoms with Crippen molar-refractivity contribution in [1.82, 2.24) is 5.32 Å². The first-order valence-electron chi connectivity index (χ1n) is 8.38. The Kier molecular flexibility index (Phi) is 7.17. The van der Waals surface area contributed by atoms with Crippen LogP contribution in [0.25, 0.3) is 0 Å². The molecule has 0 radical (unpaired) electrons. The van der Waals surface area contributed by atoms with Gasteiger partial charge in [-0.1, -0.05) is 60.7 Å². The molecule has 2 N–H and O–H groups in total. The zero-order chi connectivity index (χ0) is 18.9. The van der Waals surface area contributed by atoms with Crippen LogP contribution >= 0.6 is 0 Å². The van der Waals surface area contributed by atoms with Crippen LogP contribution in [0.5, 0.6) is 0 Å². The molecule has 1 amide bonds. The Balaban J connectivity index is 2.05. The Morgan fingerprint density at radius 1 is 1.00 bits per heavy atom. The summed E-state index contributed by atoms with van der Waals surface area (Å²) in [7, 11) is 0. The molecule has 2 aromatic carbocycles. The zero-order valence-electron chi connectivity index (χ0n) is 14.8. The number of aliphatic hydroxyl groups is 1. The van der Waals surface area contributed by atoms with Crippen molar-refractivity contribution in [3.63, 3.8) is 0 Å². The summed E-state index contributed by atoms with van der Waals surface area (Å²) < 4.78 is 10.3. The molecular formula is C20H23NO5. The Labute approximate surface area is 152 Å². The van der Waals surface area contributed by atoms with Gasteiger partial charge in [-0.25, -0.2) is 9.59 Å². The smallest absolute Gasteiger partial charge is 0.408 e. The molecule has 26 heavy (non-hydrogen) atoms. The van der Waals surface area contributed by atoms with Crippen molar-refractivity contribution in [3.8, 4) is 0 Å². The molecule has 0 aliphatic rings. The Hall–Kier alpha value is -2.86. The van der Waals surface area contributed by atoms with Crippen LogP contribution < -0.4 is 5.32 Å². The highest BCUT2D eigenvalue weighted by atomic mass is 16.6. The van der Waals surface area contributed by atoms with Crippen molar-refractivity contribution in [2.24, 2.45) is 0 Å². The number of hydrogen-bond acceptors (Lipinski definition) is 5. The molecule has 0 aromatic heterocycles. The van der Waals surface area contributed by atoms with E-state index in [0.29, 0.717) is 5.56 Å². The zero-order valence-corrected chi connectivity index (χ0v) is 14.8. The lowest BCUT2D eigenvalue weighted by Gasteiger charge is -2.23. The fourth-order valence-electron chi connectivity index (χ4n) is 2.31. The van der Waals surface area contributed by atoms with Gasteiger partial charge in [-0.15, -0.1) is 0 Å². The van der Waals surface area contributed by atoms with Crippen LogP contribution in [0.4, 0.5) is 4.79 Å². The maximum atomic E-state index is 12.3. The lowest BCUT2D eigenvalue weighted by Crippen LogP contribution is -2.46. The number of esters is 1. The van der Waals surface area contributed by atoms with Crippen molar-refractivity contribution in [2.75, 3.05) is 0 Å². The summed E-state index contributed by atoms with van der Waals surface area (Å²) in [5, 5.41) is 12.9. The molecule has 0 aliphatic carbocycles. The first kappa shape index (κ1) is 19.5. The lowest BCUT2D eigenvalue weighted by atomic mass is 10.0. The number of aliphatic hydroxyl groups excluding tert-OH is 1. The molecule has 138 valence electrons. The maximum Gasteiger partial charge on any atom is 0.408 e.